The molecule has 0 aliphatic carbocycles. The Morgan fingerprint density at radius 3 is 1.60 bits per heavy atom. The summed E-state index contributed by atoms with van der Waals surface area (Å²) in [5, 5.41) is 0. The highest BCUT2D eigenvalue weighted by atomic mass is 16.6. The Kier molecular flexibility index (Phi) is 5.88. The number of hydrogen-bond acceptors (Lipinski definition) is 8. The fraction of sp³-hybridized carbons (Fsp3) is 0.333. The summed E-state index contributed by atoms with van der Waals surface area (Å²) >= 11 is 0. The first kappa shape index (κ1) is 22.8. The summed E-state index contributed by atoms with van der Waals surface area (Å²) in [6, 6.07) is 13.2. The normalized spacial score (nSPS) is 19.3. The van der Waals surface area contributed by atoms with Gasteiger partial charge in [0.2, 0.25) is 0 Å². The number of methoxy groups -OCH3 is 6. The highest BCUT2D eigenvalue weighted by molar-refractivity contribution is 5.65. The summed E-state index contributed by atoms with van der Waals surface area (Å²) in [7, 11) is 9.71. The topological polar surface area (TPSA) is 73.8 Å². The molecule has 0 saturated heterocycles. The highest BCUT2D eigenvalue weighted by Crippen LogP contribution is 2.59. The van der Waals surface area contributed by atoms with Crippen LogP contribution in [0.2, 0.25) is 0 Å². The molecule has 3 aromatic rings. The number of hydrogen-bond donors (Lipinski definition) is 0. The van der Waals surface area contributed by atoms with Gasteiger partial charge in [-0.25, -0.2) is 0 Å². The Labute approximate surface area is 204 Å². The van der Waals surface area contributed by atoms with Gasteiger partial charge in [-0.1, -0.05) is 6.07 Å². The molecule has 0 radical (unpaired) electrons. The van der Waals surface area contributed by atoms with Crippen LogP contribution >= 0.6 is 0 Å². The first-order valence-corrected chi connectivity index (χ1v) is 11.1. The van der Waals surface area contributed by atoms with E-state index < -0.39 is 12.2 Å². The van der Waals surface area contributed by atoms with Gasteiger partial charge in [0.1, 0.15) is 34.5 Å². The molecule has 2 aliphatic heterocycles. The van der Waals surface area contributed by atoms with Gasteiger partial charge in [0, 0.05) is 41.0 Å². The van der Waals surface area contributed by atoms with E-state index in [1.54, 1.807) is 42.7 Å². The zero-order chi connectivity index (χ0) is 24.7. The molecule has 0 saturated carbocycles. The molecule has 2 aliphatic rings. The van der Waals surface area contributed by atoms with Crippen molar-refractivity contribution < 1.29 is 37.9 Å². The monoisotopic (exact) mass is 480 g/mol. The fourth-order valence-electron chi connectivity index (χ4n) is 4.95. The second-order valence-corrected chi connectivity index (χ2v) is 8.20. The second-order valence-electron chi connectivity index (χ2n) is 8.20. The van der Waals surface area contributed by atoms with Crippen LogP contribution in [-0.2, 0) is 0 Å². The quantitative estimate of drug-likeness (QED) is 0.479. The first-order chi connectivity index (χ1) is 17.1. The lowest BCUT2D eigenvalue weighted by Gasteiger charge is -2.36. The summed E-state index contributed by atoms with van der Waals surface area (Å²) in [4.78, 5) is 0. The van der Waals surface area contributed by atoms with Gasteiger partial charge in [0.25, 0.3) is 0 Å². The van der Waals surface area contributed by atoms with Gasteiger partial charge in [-0.15, -0.1) is 0 Å². The number of fused-ring (bicyclic) bond motifs is 5. The van der Waals surface area contributed by atoms with Gasteiger partial charge < -0.3 is 37.9 Å². The third-order valence-electron chi connectivity index (χ3n) is 6.57. The van der Waals surface area contributed by atoms with Gasteiger partial charge in [-0.3, -0.25) is 0 Å². The zero-order valence-electron chi connectivity index (χ0n) is 20.5. The van der Waals surface area contributed by atoms with Crippen LogP contribution < -0.4 is 37.9 Å². The molecule has 3 atom stereocenters. The molecule has 0 unspecified atom stereocenters. The molecular weight excluding hydrogens is 452 g/mol. The predicted molar refractivity (Wildman–Crippen MR) is 128 cm³/mol. The number of ether oxygens (including phenoxy) is 8. The van der Waals surface area contributed by atoms with Crippen LogP contribution in [0.3, 0.4) is 0 Å². The summed E-state index contributed by atoms with van der Waals surface area (Å²) in [6.45, 7) is 0. The standard InChI is InChI=1S/C27H28O8/c1-28-15-10-19(32-5)23-21(12-15)34-26(14-7-8-17(30-3)18(9-14)31-4)27-25(23)24-20(33-6)11-16(29-2)13-22(24)35-27/h7-13,25-27H,1-6H3/t25-,26-,27+/m1/s1. The van der Waals surface area contributed by atoms with Crippen molar-refractivity contribution in [2.75, 3.05) is 42.7 Å². The van der Waals surface area contributed by atoms with E-state index in [0.717, 1.165) is 16.7 Å². The van der Waals surface area contributed by atoms with Crippen molar-refractivity contribution >= 4 is 0 Å². The third-order valence-corrected chi connectivity index (χ3v) is 6.57. The predicted octanol–water partition coefficient (Wildman–Crippen LogP) is 4.76. The van der Waals surface area contributed by atoms with E-state index in [9.17, 15) is 0 Å². The molecule has 184 valence electrons. The van der Waals surface area contributed by atoms with Gasteiger partial charge in [-0.05, 0) is 12.1 Å². The van der Waals surface area contributed by atoms with Crippen molar-refractivity contribution in [3.05, 3.63) is 59.2 Å². The van der Waals surface area contributed by atoms with Gasteiger partial charge in [-0.2, -0.15) is 0 Å². The number of benzene rings is 3. The second kappa shape index (κ2) is 9.02. The fourth-order valence-corrected chi connectivity index (χ4v) is 4.95. The molecule has 0 N–H and O–H groups in total. The molecule has 5 rings (SSSR count). The maximum atomic E-state index is 6.60. The van der Waals surface area contributed by atoms with Crippen LogP contribution in [0.1, 0.15) is 28.7 Å². The lowest BCUT2D eigenvalue weighted by atomic mass is 9.80. The van der Waals surface area contributed by atoms with E-state index in [1.165, 1.54) is 0 Å². The molecule has 35 heavy (non-hydrogen) atoms. The minimum Gasteiger partial charge on any atom is -0.496 e. The van der Waals surface area contributed by atoms with Crippen LogP contribution in [-0.4, -0.2) is 48.8 Å². The zero-order valence-corrected chi connectivity index (χ0v) is 20.5. The molecule has 0 bridgehead atoms. The van der Waals surface area contributed by atoms with E-state index in [4.69, 9.17) is 37.9 Å². The lowest BCUT2D eigenvalue weighted by Crippen LogP contribution is -2.36. The van der Waals surface area contributed by atoms with Crippen molar-refractivity contribution in [3.63, 3.8) is 0 Å². The molecule has 8 heteroatoms. The van der Waals surface area contributed by atoms with E-state index in [1.807, 2.05) is 42.5 Å². The van der Waals surface area contributed by atoms with Crippen molar-refractivity contribution in [1.29, 1.82) is 0 Å². The van der Waals surface area contributed by atoms with Gasteiger partial charge in [0.15, 0.2) is 23.7 Å². The summed E-state index contributed by atoms with van der Waals surface area (Å²) < 4.78 is 46.7. The van der Waals surface area contributed by atoms with Gasteiger partial charge >= 0.3 is 0 Å². The van der Waals surface area contributed by atoms with Crippen molar-refractivity contribution in [3.8, 4) is 46.0 Å². The maximum absolute atomic E-state index is 6.60. The Balaban J connectivity index is 1.73. The van der Waals surface area contributed by atoms with Crippen LogP contribution in [0.15, 0.2) is 42.5 Å². The molecule has 3 aromatic carbocycles. The van der Waals surface area contributed by atoms with E-state index in [0.29, 0.717) is 46.0 Å². The maximum Gasteiger partial charge on any atom is 0.161 e. The average molecular weight is 481 g/mol. The minimum atomic E-state index is -0.466. The van der Waals surface area contributed by atoms with Crippen LogP contribution in [0.5, 0.6) is 46.0 Å². The minimum absolute atomic E-state index is 0.228. The van der Waals surface area contributed by atoms with Crippen LogP contribution in [0.4, 0.5) is 0 Å². The molecule has 2 heterocycles. The van der Waals surface area contributed by atoms with E-state index in [2.05, 4.69) is 0 Å². The van der Waals surface area contributed by atoms with E-state index >= 15 is 0 Å². The first-order valence-electron chi connectivity index (χ1n) is 11.1. The Bertz CT molecular complexity index is 1250. The van der Waals surface area contributed by atoms with Crippen LogP contribution in [0.25, 0.3) is 0 Å². The van der Waals surface area contributed by atoms with Crippen molar-refractivity contribution in [2.45, 2.75) is 18.1 Å². The van der Waals surface area contributed by atoms with Crippen LogP contribution in [0, 0.1) is 0 Å². The highest BCUT2D eigenvalue weighted by Gasteiger charge is 2.50. The van der Waals surface area contributed by atoms with Crippen molar-refractivity contribution in [2.24, 2.45) is 0 Å². The smallest absolute Gasteiger partial charge is 0.161 e. The van der Waals surface area contributed by atoms with Gasteiger partial charge in [0.05, 0.1) is 48.6 Å². The van der Waals surface area contributed by atoms with Crippen molar-refractivity contribution in [1.82, 2.24) is 0 Å². The molecule has 8 nitrogen and oxygen atoms in total. The SMILES string of the molecule is COc1cc(OC)c2c(c1)O[C@H]1[C@@H]2c2c(OC)cc(OC)cc2O[C@@H]1c1ccc(OC)c(OC)c1. The Morgan fingerprint density at radius 2 is 1.09 bits per heavy atom. The number of rotatable bonds is 7. The molecule has 0 amide bonds. The summed E-state index contributed by atoms with van der Waals surface area (Å²) in [5.74, 6) is 4.93. The largest absolute Gasteiger partial charge is 0.496 e. The Morgan fingerprint density at radius 1 is 0.543 bits per heavy atom. The molecule has 0 aromatic heterocycles. The average Bonchev–Trinajstić information content (AvgIpc) is 3.30. The summed E-state index contributed by atoms with van der Waals surface area (Å²) in [6.07, 6.45) is -0.869. The Hall–Kier alpha value is -3.94. The lowest BCUT2D eigenvalue weighted by molar-refractivity contribution is 0.0411. The molecule has 0 fully saturated rings. The molecular formula is C27H28O8. The third kappa shape index (κ3) is 3.60. The van der Waals surface area contributed by atoms with E-state index in [-0.39, 0.29) is 5.92 Å². The molecule has 0 spiro atoms. The summed E-state index contributed by atoms with van der Waals surface area (Å²) in [5.41, 5.74) is 2.66.